The first-order chi connectivity index (χ1) is 33.3. The summed E-state index contributed by atoms with van der Waals surface area (Å²) in [5.41, 5.74) is -44.6. The highest BCUT2D eigenvalue weighted by Gasteiger charge is 2.46. The zero-order chi connectivity index (χ0) is 54.2. The van der Waals surface area contributed by atoms with E-state index in [2.05, 4.69) is 0 Å². The second kappa shape index (κ2) is 17.6. The van der Waals surface area contributed by atoms with E-state index >= 15 is 105 Å². The maximum absolute atomic E-state index is 16.4. The molecule has 30 heteroatoms. The molecule has 7 aromatic carbocycles. The molecule has 0 atom stereocenters. The lowest BCUT2D eigenvalue weighted by Crippen LogP contribution is -2.16. The summed E-state index contributed by atoms with van der Waals surface area (Å²) in [6.07, 6.45) is 0. The average molecular weight is 1070 g/mol. The Labute approximate surface area is 373 Å². The molecule has 72 heavy (non-hydrogen) atoms. The lowest BCUT2D eigenvalue weighted by atomic mass is 9.73. The van der Waals surface area contributed by atoms with Crippen molar-refractivity contribution in [1.29, 1.82) is 0 Å². The second-order valence-corrected chi connectivity index (χ2v) is 13.9. The fourth-order valence-electron chi connectivity index (χ4n) is 7.20. The van der Waals surface area contributed by atoms with Crippen LogP contribution in [0.4, 0.5) is 132 Å². The highest BCUT2D eigenvalue weighted by Crippen LogP contribution is 2.61. The maximum Gasteiger partial charge on any atom is 0.200 e. The van der Waals surface area contributed by atoms with Crippen LogP contribution in [0.5, 0.6) is 0 Å². The van der Waals surface area contributed by atoms with Gasteiger partial charge in [-0.2, -0.15) is 0 Å². The van der Waals surface area contributed by atoms with Gasteiger partial charge in [-0.25, -0.2) is 132 Å². The molecule has 0 radical (unpaired) electrons. The molecule has 0 aliphatic heterocycles. The zero-order valence-electron chi connectivity index (χ0n) is 32.3. The Morgan fingerprint density at radius 2 is 0.125 bits per heavy atom. The molecular formula is C42F30. The van der Waals surface area contributed by atoms with Crippen LogP contribution >= 0.6 is 0 Å². The van der Waals surface area contributed by atoms with E-state index in [4.69, 9.17) is 0 Å². The van der Waals surface area contributed by atoms with Crippen LogP contribution in [0.15, 0.2) is 0 Å². The molecule has 0 fully saturated rings. The molecule has 378 valence electrons. The number of halogens is 30. The van der Waals surface area contributed by atoms with Crippen LogP contribution in [0.3, 0.4) is 0 Å². The molecule has 0 aliphatic rings. The smallest absolute Gasteiger partial charge is 0.200 e. The summed E-state index contributed by atoms with van der Waals surface area (Å²) < 4.78 is 468. The molecule has 0 amide bonds. The van der Waals surface area contributed by atoms with Crippen molar-refractivity contribution in [2.24, 2.45) is 0 Å². The predicted octanol–water partition coefficient (Wildman–Crippen LogP) is 15.9. The summed E-state index contributed by atoms with van der Waals surface area (Å²) >= 11 is 0. The van der Waals surface area contributed by atoms with Crippen molar-refractivity contribution in [3.63, 3.8) is 0 Å². The summed E-state index contributed by atoms with van der Waals surface area (Å²) in [5.74, 6) is -113. The fourth-order valence-corrected chi connectivity index (χ4v) is 7.20. The summed E-state index contributed by atoms with van der Waals surface area (Å²) in [5, 5.41) is 0. The molecule has 7 rings (SSSR count). The molecule has 0 bridgehead atoms. The van der Waals surface area contributed by atoms with E-state index in [1.807, 2.05) is 0 Å². The van der Waals surface area contributed by atoms with Crippen molar-refractivity contribution in [2.75, 3.05) is 0 Å². The summed E-state index contributed by atoms with van der Waals surface area (Å²) in [6.45, 7) is 0. The summed E-state index contributed by atoms with van der Waals surface area (Å²) in [4.78, 5) is 0. The Morgan fingerprint density at radius 3 is 0.194 bits per heavy atom. The third kappa shape index (κ3) is 6.93. The lowest BCUT2D eigenvalue weighted by molar-refractivity contribution is 0.379. The Morgan fingerprint density at radius 1 is 0.0694 bits per heavy atom. The maximum atomic E-state index is 16.4. The van der Waals surface area contributed by atoms with Gasteiger partial charge in [0, 0.05) is 33.4 Å². The molecular weight excluding hydrogens is 1070 g/mol. The highest BCUT2D eigenvalue weighted by molar-refractivity contribution is 6.16. The average Bonchev–Trinajstić information content (AvgIpc) is 3.35. The van der Waals surface area contributed by atoms with E-state index in [9.17, 15) is 26.3 Å². The molecule has 0 N–H and O–H groups in total. The SMILES string of the molecule is Fc1c(F)c(F)c(-c2c(-c3c(F)c(F)c(F)c(F)c3F)c(-c3c(F)c(F)c(F)c(F)c3F)c(-c3c(F)c(F)c(F)c(F)c3F)c(-c3c(F)c(F)c(F)c(F)c3F)c2-c2c(F)c(F)c(F)c(F)c2F)c(F)c1F. The van der Waals surface area contributed by atoms with Crippen LogP contribution in [0.2, 0.25) is 0 Å². The molecule has 0 nitrogen and oxygen atoms in total. The van der Waals surface area contributed by atoms with Gasteiger partial charge in [0.05, 0.1) is 33.4 Å². The number of hydrogen-bond donors (Lipinski definition) is 0. The van der Waals surface area contributed by atoms with Crippen molar-refractivity contribution >= 4 is 0 Å². The summed E-state index contributed by atoms with van der Waals surface area (Å²) in [7, 11) is 0. The van der Waals surface area contributed by atoms with E-state index < -0.39 is 241 Å². The minimum Gasteiger partial charge on any atom is -0.203 e. The molecule has 0 spiro atoms. The number of benzene rings is 7. The van der Waals surface area contributed by atoms with Gasteiger partial charge in [-0.05, 0) is 0 Å². The third-order valence-corrected chi connectivity index (χ3v) is 10.3. The molecule has 0 saturated heterocycles. The lowest BCUT2D eigenvalue weighted by Gasteiger charge is -2.30. The van der Waals surface area contributed by atoms with Gasteiger partial charge in [-0.15, -0.1) is 0 Å². The van der Waals surface area contributed by atoms with Gasteiger partial charge >= 0.3 is 0 Å². The molecule has 0 saturated carbocycles. The molecule has 0 aliphatic carbocycles. The van der Waals surface area contributed by atoms with Crippen molar-refractivity contribution in [3.8, 4) is 66.8 Å². The molecule has 0 unspecified atom stereocenters. The molecule has 0 heterocycles. The largest absolute Gasteiger partial charge is 0.203 e. The van der Waals surface area contributed by atoms with Crippen LogP contribution < -0.4 is 0 Å². The van der Waals surface area contributed by atoms with E-state index in [1.165, 1.54) is 0 Å². The fraction of sp³-hybridized carbons (Fsp3) is 0. The van der Waals surface area contributed by atoms with E-state index in [-0.39, 0.29) is 0 Å². The van der Waals surface area contributed by atoms with E-state index in [1.54, 1.807) is 0 Å². The Kier molecular flexibility index (Phi) is 12.8. The predicted molar refractivity (Wildman–Crippen MR) is 178 cm³/mol. The van der Waals surface area contributed by atoms with Crippen LogP contribution in [-0.2, 0) is 0 Å². The number of rotatable bonds is 6. The van der Waals surface area contributed by atoms with Crippen LogP contribution in [0.25, 0.3) is 66.8 Å². The normalized spacial score (nSPS) is 11.8. The first-order valence-corrected chi connectivity index (χ1v) is 17.7. The topological polar surface area (TPSA) is 0 Å². The summed E-state index contributed by atoms with van der Waals surface area (Å²) in [6, 6.07) is 0. The first kappa shape index (κ1) is 52.3. The van der Waals surface area contributed by atoms with Gasteiger partial charge in [0.15, 0.2) is 140 Å². The van der Waals surface area contributed by atoms with Gasteiger partial charge in [0.1, 0.15) is 0 Å². The Balaban J connectivity index is 2.22. The van der Waals surface area contributed by atoms with Gasteiger partial charge in [0.2, 0.25) is 34.9 Å². The van der Waals surface area contributed by atoms with Crippen molar-refractivity contribution < 1.29 is 132 Å². The van der Waals surface area contributed by atoms with Crippen LogP contribution in [-0.4, -0.2) is 0 Å². The monoisotopic (exact) mass is 1070 g/mol. The van der Waals surface area contributed by atoms with E-state index in [0.29, 0.717) is 0 Å². The van der Waals surface area contributed by atoms with Crippen molar-refractivity contribution in [3.05, 3.63) is 175 Å². The van der Waals surface area contributed by atoms with Gasteiger partial charge in [-0.1, -0.05) is 0 Å². The highest BCUT2D eigenvalue weighted by atomic mass is 19.2. The first-order valence-electron chi connectivity index (χ1n) is 17.7. The molecule has 7 aromatic rings. The Hall–Kier alpha value is -7.56. The third-order valence-electron chi connectivity index (χ3n) is 10.3. The quantitative estimate of drug-likeness (QED) is 0.0884. The number of hydrogen-bond acceptors (Lipinski definition) is 0. The minimum atomic E-state index is -3.91. The van der Waals surface area contributed by atoms with Crippen molar-refractivity contribution in [2.45, 2.75) is 0 Å². The van der Waals surface area contributed by atoms with Gasteiger partial charge < -0.3 is 0 Å². The minimum absolute atomic E-state index is 3.57. The van der Waals surface area contributed by atoms with Crippen LogP contribution in [0.1, 0.15) is 0 Å². The van der Waals surface area contributed by atoms with Crippen LogP contribution in [0, 0.1) is 175 Å². The second-order valence-electron chi connectivity index (χ2n) is 13.9. The van der Waals surface area contributed by atoms with E-state index in [0.717, 1.165) is 0 Å². The Bertz CT molecular complexity index is 2830. The van der Waals surface area contributed by atoms with Gasteiger partial charge in [-0.3, -0.25) is 0 Å². The standard InChI is InChI=1S/C42F30/c43-13-7(14(44)26(56)37(67)25(13)55)1-2(8-15(45)27(57)38(68)28(58)16(8)46)4(10-19(49)31(61)40(70)32(62)20(10)50)6(12-23(53)35(65)42(72)36(66)24(12)54)5(11-21(51)33(63)41(71)34(64)22(11)52)3(1)9-17(47)29(59)39(69)30(60)18(9)48. The zero-order valence-corrected chi connectivity index (χ0v) is 32.3. The van der Waals surface area contributed by atoms with Gasteiger partial charge in [0.25, 0.3) is 0 Å². The van der Waals surface area contributed by atoms with Crippen molar-refractivity contribution in [1.82, 2.24) is 0 Å². The molecule has 0 aromatic heterocycles.